The Bertz CT molecular complexity index is 1190. The standard InChI is InChI=1S/C25H26N4O5/c1-15(24(31)32)12-26-23(30)22-11-16(28-29(22)2)13-27-25(33)34-14-21-19-9-5-3-7-17(19)18-8-4-6-10-20(18)21/h3-11,15,21H,12-14H2,1-2H3,(H,26,30)(H,27,33)(H,31,32). The molecule has 3 aromatic rings. The van der Waals surface area contributed by atoms with Gasteiger partial charge in [0.05, 0.1) is 18.2 Å². The third-order valence-electron chi connectivity index (χ3n) is 5.91. The summed E-state index contributed by atoms with van der Waals surface area (Å²) in [5.41, 5.74) is 5.32. The SMILES string of the molecule is CC(CNC(=O)c1cc(CNC(=O)OCC2c3ccccc3-c3ccccc32)nn1C)C(=O)O. The highest BCUT2D eigenvalue weighted by Crippen LogP contribution is 2.44. The monoisotopic (exact) mass is 462 g/mol. The molecular formula is C25H26N4O5. The van der Waals surface area contributed by atoms with Crippen LogP contribution in [0.25, 0.3) is 11.1 Å². The summed E-state index contributed by atoms with van der Waals surface area (Å²) < 4.78 is 6.90. The van der Waals surface area contributed by atoms with Crippen LogP contribution in [0, 0.1) is 5.92 Å². The number of aryl methyl sites for hydroxylation is 1. The fourth-order valence-electron chi connectivity index (χ4n) is 4.06. The van der Waals surface area contributed by atoms with Gasteiger partial charge in [-0.05, 0) is 28.3 Å². The number of amides is 2. The van der Waals surface area contributed by atoms with Crippen molar-refractivity contribution in [3.63, 3.8) is 0 Å². The number of fused-ring (bicyclic) bond motifs is 3. The first-order valence-electron chi connectivity index (χ1n) is 11.0. The van der Waals surface area contributed by atoms with Crippen LogP contribution in [0.1, 0.15) is 40.2 Å². The molecule has 0 saturated carbocycles. The summed E-state index contributed by atoms with van der Waals surface area (Å²) in [6, 6.07) is 17.8. The van der Waals surface area contributed by atoms with Crippen LogP contribution in [0.2, 0.25) is 0 Å². The highest BCUT2D eigenvalue weighted by atomic mass is 16.5. The zero-order valence-corrected chi connectivity index (χ0v) is 18.9. The van der Waals surface area contributed by atoms with Crippen molar-refractivity contribution >= 4 is 18.0 Å². The first-order chi connectivity index (χ1) is 16.3. The van der Waals surface area contributed by atoms with Crippen molar-refractivity contribution in [1.29, 1.82) is 0 Å². The van der Waals surface area contributed by atoms with E-state index in [1.807, 2.05) is 24.3 Å². The van der Waals surface area contributed by atoms with Crippen molar-refractivity contribution in [3.05, 3.63) is 77.1 Å². The number of carboxylic acids is 1. The summed E-state index contributed by atoms with van der Waals surface area (Å²) in [5, 5.41) is 18.4. The van der Waals surface area contributed by atoms with Crippen LogP contribution in [0.5, 0.6) is 0 Å². The number of carbonyl (C=O) groups is 3. The molecule has 0 aliphatic heterocycles. The number of hydrogen-bond acceptors (Lipinski definition) is 5. The maximum absolute atomic E-state index is 12.4. The fraction of sp³-hybridized carbons (Fsp3) is 0.280. The lowest BCUT2D eigenvalue weighted by Crippen LogP contribution is -2.32. The Balaban J connectivity index is 1.32. The number of aromatic nitrogens is 2. The molecule has 2 aromatic carbocycles. The first kappa shape index (κ1) is 23.0. The normalized spacial score (nSPS) is 13.0. The van der Waals surface area contributed by atoms with Gasteiger partial charge in [-0.15, -0.1) is 0 Å². The van der Waals surface area contributed by atoms with E-state index in [0.717, 1.165) is 22.3 Å². The van der Waals surface area contributed by atoms with Gasteiger partial charge in [-0.1, -0.05) is 55.5 Å². The van der Waals surface area contributed by atoms with E-state index in [-0.39, 0.29) is 31.3 Å². The summed E-state index contributed by atoms with van der Waals surface area (Å²) in [6.07, 6.45) is -0.575. The zero-order valence-electron chi connectivity index (χ0n) is 18.9. The molecule has 1 heterocycles. The maximum Gasteiger partial charge on any atom is 0.407 e. The Morgan fingerprint density at radius 3 is 2.29 bits per heavy atom. The van der Waals surface area contributed by atoms with Gasteiger partial charge in [0.2, 0.25) is 0 Å². The van der Waals surface area contributed by atoms with Crippen molar-refractivity contribution in [2.45, 2.75) is 19.4 Å². The minimum absolute atomic E-state index is 0.00663. The van der Waals surface area contributed by atoms with Crippen molar-refractivity contribution < 1.29 is 24.2 Å². The number of aliphatic carboxylic acids is 1. The van der Waals surface area contributed by atoms with Gasteiger partial charge in [0.25, 0.3) is 5.91 Å². The lowest BCUT2D eigenvalue weighted by Gasteiger charge is -2.14. The molecule has 0 saturated heterocycles. The molecular weight excluding hydrogens is 436 g/mol. The minimum atomic E-state index is -0.988. The smallest absolute Gasteiger partial charge is 0.407 e. The molecule has 1 aliphatic carbocycles. The fourth-order valence-corrected chi connectivity index (χ4v) is 4.06. The number of carboxylic acid groups (broad SMARTS) is 1. The van der Waals surface area contributed by atoms with Crippen LogP contribution in [-0.4, -0.2) is 46.0 Å². The predicted molar refractivity (Wildman–Crippen MR) is 124 cm³/mol. The topological polar surface area (TPSA) is 123 Å². The maximum atomic E-state index is 12.4. The van der Waals surface area contributed by atoms with Crippen LogP contribution in [0.15, 0.2) is 54.6 Å². The van der Waals surface area contributed by atoms with Gasteiger partial charge in [-0.3, -0.25) is 14.3 Å². The molecule has 34 heavy (non-hydrogen) atoms. The summed E-state index contributed by atoms with van der Waals surface area (Å²) >= 11 is 0. The summed E-state index contributed by atoms with van der Waals surface area (Å²) in [6.45, 7) is 1.81. The van der Waals surface area contributed by atoms with Crippen molar-refractivity contribution in [1.82, 2.24) is 20.4 Å². The Labute approximate surface area is 196 Å². The van der Waals surface area contributed by atoms with Crippen molar-refractivity contribution in [3.8, 4) is 11.1 Å². The Kier molecular flexibility index (Phi) is 6.62. The highest BCUT2D eigenvalue weighted by Gasteiger charge is 2.29. The number of alkyl carbamates (subject to hydrolysis) is 1. The number of hydrogen-bond donors (Lipinski definition) is 3. The van der Waals surface area contributed by atoms with E-state index < -0.39 is 23.9 Å². The van der Waals surface area contributed by atoms with Crippen LogP contribution in [0.4, 0.5) is 4.79 Å². The second-order valence-corrected chi connectivity index (χ2v) is 8.27. The Morgan fingerprint density at radius 1 is 1.06 bits per heavy atom. The zero-order chi connectivity index (χ0) is 24.2. The molecule has 0 radical (unpaired) electrons. The molecule has 0 spiro atoms. The van der Waals surface area contributed by atoms with Gasteiger partial charge in [-0.25, -0.2) is 4.79 Å². The molecule has 1 aromatic heterocycles. The summed E-state index contributed by atoms with van der Waals surface area (Å²) in [5.74, 6) is -2.16. The molecule has 1 atom stereocenters. The Morgan fingerprint density at radius 2 is 1.68 bits per heavy atom. The summed E-state index contributed by atoms with van der Waals surface area (Å²) in [4.78, 5) is 35.6. The molecule has 9 heteroatoms. The number of carbonyl (C=O) groups excluding carboxylic acids is 2. The number of rotatable bonds is 8. The van der Waals surface area contributed by atoms with E-state index in [2.05, 4.69) is 40.0 Å². The molecule has 176 valence electrons. The largest absolute Gasteiger partial charge is 0.481 e. The van der Waals surface area contributed by atoms with Crippen molar-refractivity contribution in [2.24, 2.45) is 13.0 Å². The number of ether oxygens (including phenoxy) is 1. The van der Waals surface area contributed by atoms with Gasteiger partial charge in [-0.2, -0.15) is 5.10 Å². The predicted octanol–water partition coefficient (Wildman–Crippen LogP) is 2.91. The van der Waals surface area contributed by atoms with Crippen molar-refractivity contribution in [2.75, 3.05) is 13.2 Å². The van der Waals surface area contributed by atoms with Gasteiger partial charge in [0.1, 0.15) is 12.3 Å². The average molecular weight is 463 g/mol. The van der Waals surface area contributed by atoms with E-state index in [1.54, 1.807) is 13.1 Å². The van der Waals surface area contributed by atoms with Gasteiger partial charge >= 0.3 is 12.1 Å². The molecule has 1 aliphatic rings. The van der Waals surface area contributed by atoms with Gasteiger partial charge in [0, 0.05) is 19.5 Å². The average Bonchev–Trinajstić information content (AvgIpc) is 3.37. The second-order valence-electron chi connectivity index (χ2n) is 8.27. The molecule has 1 unspecified atom stereocenters. The quantitative estimate of drug-likeness (QED) is 0.473. The molecule has 0 fully saturated rings. The number of nitrogens with zero attached hydrogens (tertiary/aromatic N) is 2. The van der Waals surface area contributed by atoms with E-state index >= 15 is 0 Å². The third-order valence-corrected chi connectivity index (χ3v) is 5.91. The number of nitrogens with one attached hydrogen (secondary N) is 2. The Hall–Kier alpha value is -4.14. The molecule has 4 rings (SSSR count). The van der Waals surface area contributed by atoms with E-state index in [1.165, 1.54) is 11.6 Å². The van der Waals surface area contributed by atoms with E-state index in [4.69, 9.17) is 9.84 Å². The minimum Gasteiger partial charge on any atom is -0.481 e. The molecule has 9 nitrogen and oxygen atoms in total. The molecule has 0 bridgehead atoms. The third kappa shape index (κ3) is 4.78. The van der Waals surface area contributed by atoms with E-state index in [0.29, 0.717) is 5.69 Å². The van der Waals surface area contributed by atoms with Crippen LogP contribution in [-0.2, 0) is 23.1 Å². The first-order valence-corrected chi connectivity index (χ1v) is 11.0. The van der Waals surface area contributed by atoms with Crippen LogP contribution in [0.3, 0.4) is 0 Å². The second kappa shape index (κ2) is 9.78. The lowest BCUT2D eigenvalue weighted by atomic mass is 9.98. The molecule has 2 amide bonds. The highest BCUT2D eigenvalue weighted by molar-refractivity contribution is 5.93. The lowest BCUT2D eigenvalue weighted by molar-refractivity contribution is -0.140. The van der Waals surface area contributed by atoms with Crippen LogP contribution >= 0.6 is 0 Å². The van der Waals surface area contributed by atoms with Crippen LogP contribution < -0.4 is 10.6 Å². The molecule has 3 N–H and O–H groups in total. The van der Waals surface area contributed by atoms with E-state index in [9.17, 15) is 14.4 Å². The van der Waals surface area contributed by atoms with Gasteiger partial charge in [0.15, 0.2) is 0 Å². The summed E-state index contributed by atoms with van der Waals surface area (Å²) in [7, 11) is 1.60. The van der Waals surface area contributed by atoms with Gasteiger partial charge < -0.3 is 20.5 Å². The number of benzene rings is 2.